The second kappa shape index (κ2) is 9.17. The number of aliphatic carboxylic acids is 1. The Hall–Kier alpha value is -3.49. The second-order valence-electron chi connectivity index (χ2n) is 8.31. The minimum atomic E-state index is -3.87. The standard InChI is InChI=1S/C24H24F2N2O5/c25-24(26,22(31)28-11-5-6-15(12-28)21(29)30)14-27-23(32)33-13-20-18-9-3-1-7-16(18)17-8-2-4-10-19(17)20/h1-4,7-10,15,20H,5-6,11-14H2,(H,27,32)(H,29,30)/t15-/m0/s1. The lowest BCUT2D eigenvalue weighted by Crippen LogP contribution is -2.53. The van der Waals surface area contributed by atoms with Gasteiger partial charge >= 0.3 is 18.0 Å². The summed E-state index contributed by atoms with van der Waals surface area (Å²) in [5.74, 6) is -7.56. The van der Waals surface area contributed by atoms with Gasteiger partial charge in [0.1, 0.15) is 6.61 Å². The summed E-state index contributed by atoms with van der Waals surface area (Å²) in [4.78, 5) is 36.3. The first-order valence-electron chi connectivity index (χ1n) is 10.8. The number of ether oxygens (including phenoxy) is 1. The van der Waals surface area contributed by atoms with Crippen LogP contribution in [0.1, 0.15) is 29.9 Å². The summed E-state index contributed by atoms with van der Waals surface area (Å²) in [6, 6.07) is 15.5. The van der Waals surface area contributed by atoms with Gasteiger partial charge in [0, 0.05) is 19.0 Å². The molecule has 0 radical (unpaired) electrons. The first-order chi connectivity index (χ1) is 15.8. The van der Waals surface area contributed by atoms with Crippen LogP contribution in [-0.4, -0.2) is 60.1 Å². The molecular weight excluding hydrogens is 434 g/mol. The number of hydrogen-bond acceptors (Lipinski definition) is 4. The summed E-state index contributed by atoms with van der Waals surface area (Å²) < 4.78 is 34.1. The van der Waals surface area contributed by atoms with Crippen molar-refractivity contribution < 1.29 is 33.0 Å². The number of carbonyl (C=O) groups excluding carboxylic acids is 2. The Labute approximate surface area is 189 Å². The molecule has 33 heavy (non-hydrogen) atoms. The van der Waals surface area contributed by atoms with Crippen molar-refractivity contribution in [1.29, 1.82) is 0 Å². The van der Waals surface area contributed by atoms with Crippen LogP contribution in [0, 0.1) is 5.92 Å². The molecule has 2 aromatic carbocycles. The van der Waals surface area contributed by atoms with Gasteiger partial charge < -0.3 is 20.1 Å². The highest BCUT2D eigenvalue weighted by molar-refractivity contribution is 5.85. The molecule has 2 N–H and O–H groups in total. The summed E-state index contributed by atoms with van der Waals surface area (Å²) in [6.07, 6.45) is -0.382. The monoisotopic (exact) mass is 458 g/mol. The maximum Gasteiger partial charge on any atom is 0.407 e. The second-order valence-corrected chi connectivity index (χ2v) is 8.31. The Morgan fingerprint density at radius 2 is 1.67 bits per heavy atom. The van der Waals surface area contributed by atoms with Crippen LogP contribution in [0.2, 0.25) is 0 Å². The smallest absolute Gasteiger partial charge is 0.407 e. The van der Waals surface area contributed by atoms with Crippen LogP contribution in [0.5, 0.6) is 0 Å². The van der Waals surface area contributed by atoms with Crippen molar-refractivity contribution in [3.8, 4) is 11.1 Å². The van der Waals surface area contributed by atoms with Gasteiger partial charge in [-0.2, -0.15) is 8.78 Å². The van der Waals surface area contributed by atoms with Crippen molar-refractivity contribution in [2.75, 3.05) is 26.2 Å². The van der Waals surface area contributed by atoms with Crippen LogP contribution in [0.15, 0.2) is 48.5 Å². The van der Waals surface area contributed by atoms with E-state index in [0.717, 1.165) is 27.2 Å². The Balaban J connectivity index is 1.33. The highest BCUT2D eigenvalue weighted by atomic mass is 19.3. The number of piperidine rings is 1. The van der Waals surface area contributed by atoms with E-state index >= 15 is 0 Å². The Morgan fingerprint density at radius 3 is 2.27 bits per heavy atom. The van der Waals surface area contributed by atoms with Gasteiger partial charge in [-0.25, -0.2) is 4.79 Å². The van der Waals surface area contributed by atoms with E-state index in [0.29, 0.717) is 12.8 Å². The predicted octanol–water partition coefficient (Wildman–Crippen LogP) is 3.48. The zero-order valence-electron chi connectivity index (χ0n) is 17.8. The number of benzene rings is 2. The van der Waals surface area contributed by atoms with Gasteiger partial charge in [-0.1, -0.05) is 48.5 Å². The van der Waals surface area contributed by atoms with Gasteiger partial charge in [-0.15, -0.1) is 0 Å². The molecule has 0 saturated carbocycles. The number of carboxylic acids is 1. The molecule has 2 aromatic rings. The number of carbonyl (C=O) groups is 3. The van der Waals surface area contributed by atoms with E-state index < -0.39 is 36.4 Å². The van der Waals surface area contributed by atoms with Crippen molar-refractivity contribution in [3.63, 3.8) is 0 Å². The SMILES string of the molecule is O=C(NCC(F)(F)C(=O)N1CCC[C@H](C(=O)O)C1)OCC1c2ccccc2-c2ccccc21. The summed E-state index contributed by atoms with van der Waals surface area (Å²) in [6.45, 7) is -1.47. The molecule has 4 rings (SSSR count). The van der Waals surface area contributed by atoms with E-state index in [1.807, 2.05) is 53.8 Å². The quantitative estimate of drug-likeness (QED) is 0.691. The zero-order chi connectivity index (χ0) is 23.6. The van der Waals surface area contributed by atoms with Gasteiger partial charge in [0.2, 0.25) is 0 Å². The van der Waals surface area contributed by atoms with Crippen LogP contribution >= 0.6 is 0 Å². The molecular formula is C24H24F2N2O5. The van der Waals surface area contributed by atoms with E-state index in [2.05, 4.69) is 0 Å². The molecule has 2 aliphatic rings. The molecule has 1 fully saturated rings. The molecule has 174 valence electrons. The van der Waals surface area contributed by atoms with Gasteiger partial charge in [0.05, 0.1) is 12.5 Å². The fourth-order valence-corrected chi connectivity index (χ4v) is 4.50. The van der Waals surface area contributed by atoms with Crippen molar-refractivity contribution in [2.45, 2.75) is 24.7 Å². The number of carboxylic acid groups (broad SMARTS) is 1. The number of amides is 2. The molecule has 1 saturated heterocycles. The van der Waals surface area contributed by atoms with Crippen molar-refractivity contribution in [3.05, 3.63) is 59.7 Å². The predicted molar refractivity (Wildman–Crippen MR) is 115 cm³/mol. The largest absolute Gasteiger partial charge is 0.481 e. The molecule has 9 heteroatoms. The van der Waals surface area contributed by atoms with Crippen LogP contribution in [-0.2, 0) is 14.3 Å². The van der Waals surface area contributed by atoms with Gasteiger partial charge in [0.15, 0.2) is 0 Å². The lowest BCUT2D eigenvalue weighted by atomic mass is 9.98. The van der Waals surface area contributed by atoms with E-state index in [4.69, 9.17) is 9.84 Å². The van der Waals surface area contributed by atoms with Gasteiger partial charge in [0.25, 0.3) is 5.91 Å². The first-order valence-corrected chi connectivity index (χ1v) is 10.8. The number of nitrogens with one attached hydrogen (secondary N) is 1. The lowest BCUT2D eigenvalue weighted by Gasteiger charge is -2.33. The number of hydrogen-bond donors (Lipinski definition) is 2. The topological polar surface area (TPSA) is 95.9 Å². The minimum absolute atomic E-state index is 0.0359. The normalized spacial score (nSPS) is 17.8. The van der Waals surface area contributed by atoms with E-state index in [1.165, 1.54) is 0 Å². The van der Waals surface area contributed by atoms with Crippen molar-refractivity contribution in [1.82, 2.24) is 10.2 Å². The minimum Gasteiger partial charge on any atom is -0.481 e. The summed E-state index contributed by atoms with van der Waals surface area (Å²) in [5.41, 5.74) is 4.07. The third-order valence-electron chi connectivity index (χ3n) is 6.17. The molecule has 1 heterocycles. The molecule has 1 atom stereocenters. The Bertz CT molecular complexity index is 1030. The zero-order valence-corrected chi connectivity index (χ0v) is 17.8. The summed E-state index contributed by atoms with van der Waals surface area (Å²) in [5, 5.41) is 11.1. The van der Waals surface area contributed by atoms with Gasteiger partial charge in [-0.3, -0.25) is 9.59 Å². The molecule has 0 spiro atoms. The summed E-state index contributed by atoms with van der Waals surface area (Å²) >= 11 is 0. The average molecular weight is 458 g/mol. The Morgan fingerprint density at radius 1 is 1.06 bits per heavy atom. The average Bonchev–Trinajstić information content (AvgIpc) is 3.15. The maximum atomic E-state index is 14.4. The number of alkyl carbamates (subject to hydrolysis) is 1. The first kappa shape index (κ1) is 22.7. The number of fused-ring (bicyclic) bond motifs is 3. The van der Waals surface area contributed by atoms with Crippen LogP contribution in [0.4, 0.5) is 13.6 Å². The van der Waals surface area contributed by atoms with Crippen molar-refractivity contribution in [2.24, 2.45) is 5.92 Å². The van der Waals surface area contributed by atoms with Crippen LogP contribution < -0.4 is 5.32 Å². The molecule has 0 bridgehead atoms. The fourth-order valence-electron chi connectivity index (χ4n) is 4.50. The number of alkyl halides is 2. The molecule has 1 aliphatic carbocycles. The van der Waals surface area contributed by atoms with E-state index in [-0.39, 0.29) is 25.6 Å². The van der Waals surface area contributed by atoms with Crippen LogP contribution in [0.25, 0.3) is 11.1 Å². The number of rotatable bonds is 6. The molecule has 0 aromatic heterocycles. The Kier molecular flexibility index (Phi) is 6.31. The number of likely N-dealkylation sites (tertiary alicyclic amines) is 1. The lowest BCUT2D eigenvalue weighted by molar-refractivity contribution is -0.160. The number of halogens is 2. The van der Waals surface area contributed by atoms with Crippen LogP contribution in [0.3, 0.4) is 0 Å². The summed E-state index contributed by atoms with van der Waals surface area (Å²) in [7, 11) is 0. The highest BCUT2D eigenvalue weighted by Gasteiger charge is 2.44. The van der Waals surface area contributed by atoms with E-state index in [9.17, 15) is 23.2 Å². The van der Waals surface area contributed by atoms with Crippen molar-refractivity contribution >= 4 is 18.0 Å². The molecule has 2 amide bonds. The third kappa shape index (κ3) is 4.67. The number of nitrogens with zero attached hydrogens (tertiary/aromatic N) is 1. The fraction of sp³-hybridized carbons (Fsp3) is 0.375. The highest BCUT2D eigenvalue weighted by Crippen LogP contribution is 2.44. The third-order valence-corrected chi connectivity index (χ3v) is 6.17. The molecule has 0 unspecified atom stereocenters. The van der Waals surface area contributed by atoms with E-state index in [1.54, 1.807) is 0 Å². The maximum absolute atomic E-state index is 14.4. The van der Waals surface area contributed by atoms with Gasteiger partial charge in [-0.05, 0) is 35.1 Å². The molecule has 7 nitrogen and oxygen atoms in total. The molecule has 1 aliphatic heterocycles.